The number of carbonyl (C=O) groups excluding carboxylic acids is 1. The molecule has 0 unspecified atom stereocenters. The molecule has 0 bridgehead atoms. The number of rotatable bonds is 5. The molecule has 0 radical (unpaired) electrons. The van der Waals surface area contributed by atoms with Crippen LogP contribution >= 0.6 is 0 Å². The summed E-state index contributed by atoms with van der Waals surface area (Å²) in [7, 11) is 0. The SMILES string of the molecule is C[C@@H]1CCC[C@@H](OCC(=O)N2CCC(C(=O)O)(c3ccccc3)CC2)C1. The van der Waals surface area contributed by atoms with Gasteiger partial charge in [0.2, 0.25) is 5.91 Å². The van der Waals surface area contributed by atoms with Crippen LogP contribution in [-0.2, 0) is 19.7 Å². The molecule has 1 amide bonds. The number of aliphatic carboxylic acids is 1. The van der Waals surface area contributed by atoms with Crippen LogP contribution in [0.25, 0.3) is 0 Å². The Morgan fingerprint density at radius 2 is 1.88 bits per heavy atom. The number of hydrogen-bond donors (Lipinski definition) is 1. The molecule has 2 atom stereocenters. The molecule has 0 spiro atoms. The van der Waals surface area contributed by atoms with Gasteiger partial charge in [0.15, 0.2) is 0 Å². The Bertz CT molecular complexity index is 622. The molecule has 1 aliphatic heterocycles. The van der Waals surface area contributed by atoms with E-state index in [2.05, 4.69) is 6.92 Å². The average Bonchev–Trinajstić information content (AvgIpc) is 2.67. The summed E-state index contributed by atoms with van der Waals surface area (Å²) in [6.45, 7) is 3.27. The number of benzene rings is 1. The van der Waals surface area contributed by atoms with Gasteiger partial charge in [-0.15, -0.1) is 0 Å². The molecule has 5 nitrogen and oxygen atoms in total. The molecule has 3 rings (SSSR count). The van der Waals surface area contributed by atoms with E-state index in [4.69, 9.17) is 4.74 Å². The molecule has 142 valence electrons. The molecule has 0 aromatic heterocycles. The fourth-order valence-electron chi connectivity index (χ4n) is 4.33. The lowest BCUT2D eigenvalue weighted by Crippen LogP contribution is -2.50. The van der Waals surface area contributed by atoms with Crippen molar-refractivity contribution in [1.29, 1.82) is 0 Å². The van der Waals surface area contributed by atoms with Gasteiger partial charge < -0.3 is 14.7 Å². The smallest absolute Gasteiger partial charge is 0.314 e. The summed E-state index contributed by atoms with van der Waals surface area (Å²) in [5.74, 6) is -0.153. The van der Waals surface area contributed by atoms with Gasteiger partial charge in [-0.25, -0.2) is 0 Å². The number of piperidine rings is 1. The fraction of sp³-hybridized carbons (Fsp3) is 0.619. The zero-order chi connectivity index (χ0) is 18.6. The van der Waals surface area contributed by atoms with Gasteiger partial charge in [-0.3, -0.25) is 9.59 Å². The van der Waals surface area contributed by atoms with Crippen LogP contribution in [0.15, 0.2) is 30.3 Å². The summed E-state index contributed by atoms with van der Waals surface area (Å²) < 4.78 is 5.84. The van der Waals surface area contributed by atoms with Crippen molar-refractivity contribution in [2.75, 3.05) is 19.7 Å². The maximum absolute atomic E-state index is 12.5. The molecule has 1 aromatic carbocycles. The second-order valence-electron chi connectivity index (χ2n) is 7.84. The average molecular weight is 359 g/mol. The van der Waals surface area contributed by atoms with Gasteiger partial charge in [0, 0.05) is 13.1 Å². The van der Waals surface area contributed by atoms with Crippen LogP contribution in [0, 0.1) is 5.92 Å². The molecule has 26 heavy (non-hydrogen) atoms. The van der Waals surface area contributed by atoms with Gasteiger partial charge >= 0.3 is 5.97 Å². The van der Waals surface area contributed by atoms with Crippen LogP contribution in [0.1, 0.15) is 51.0 Å². The summed E-state index contributed by atoms with van der Waals surface area (Å²) in [4.78, 5) is 26.2. The summed E-state index contributed by atoms with van der Waals surface area (Å²) in [6, 6.07) is 9.38. The summed E-state index contributed by atoms with van der Waals surface area (Å²) >= 11 is 0. The number of carbonyl (C=O) groups is 2. The van der Waals surface area contributed by atoms with E-state index in [0.29, 0.717) is 31.8 Å². The Hall–Kier alpha value is -1.88. The fourth-order valence-corrected chi connectivity index (χ4v) is 4.33. The largest absolute Gasteiger partial charge is 0.481 e. The number of carboxylic acid groups (broad SMARTS) is 1. The van der Waals surface area contributed by atoms with E-state index >= 15 is 0 Å². The van der Waals surface area contributed by atoms with Crippen molar-refractivity contribution in [2.24, 2.45) is 5.92 Å². The van der Waals surface area contributed by atoms with Crippen molar-refractivity contribution in [3.63, 3.8) is 0 Å². The van der Waals surface area contributed by atoms with E-state index in [1.165, 1.54) is 12.8 Å². The molecular weight excluding hydrogens is 330 g/mol. The maximum atomic E-state index is 12.5. The highest BCUT2D eigenvalue weighted by molar-refractivity contribution is 5.83. The number of amides is 1. The first kappa shape index (κ1) is 18.9. The highest BCUT2D eigenvalue weighted by Gasteiger charge is 2.43. The van der Waals surface area contributed by atoms with Crippen molar-refractivity contribution in [3.8, 4) is 0 Å². The van der Waals surface area contributed by atoms with Gasteiger partial charge in [-0.1, -0.05) is 50.1 Å². The Kier molecular flexibility index (Phi) is 5.97. The third kappa shape index (κ3) is 4.09. The van der Waals surface area contributed by atoms with Crippen LogP contribution in [-0.4, -0.2) is 47.7 Å². The van der Waals surface area contributed by atoms with Crippen molar-refractivity contribution in [3.05, 3.63) is 35.9 Å². The minimum absolute atomic E-state index is 0.0183. The normalized spacial score (nSPS) is 25.7. The van der Waals surface area contributed by atoms with Crippen molar-refractivity contribution in [2.45, 2.75) is 57.0 Å². The van der Waals surface area contributed by atoms with Crippen LogP contribution in [0.3, 0.4) is 0 Å². The highest BCUT2D eigenvalue weighted by atomic mass is 16.5. The zero-order valence-electron chi connectivity index (χ0n) is 15.5. The molecule has 5 heteroatoms. The highest BCUT2D eigenvalue weighted by Crippen LogP contribution is 2.36. The Morgan fingerprint density at radius 1 is 1.19 bits per heavy atom. The van der Waals surface area contributed by atoms with E-state index in [9.17, 15) is 14.7 Å². The first-order valence-corrected chi connectivity index (χ1v) is 9.69. The molecule has 1 aliphatic carbocycles. The Morgan fingerprint density at radius 3 is 2.50 bits per heavy atom. The van der Waals surface area contributed by atoms with Gasteiger partial charge in [0.25, 0.3) is 0 Å². The van der Waals surface area contributed by atoms with E-state index in [1.54, 1.807) is 4.90 Å². The third-order valence-corrected chi connectivity index (χ3v) is 6.04. The van der Waals surface area contributed by atoms with Gasteiger partial charge in [-0.2, -0.15) is 0 Å². The van der Waals surface area contributed by atoms with Crippen LogP contribution in [0.2, 0.25) is 0 Å². The lowest BCUT2D eigenvalue weighted by Gasteiger charge is -2.39. The van der Waals surface area contributed by atoms with Crippen molar-refractivity contribution >= 4 is 11.9 Å². The second-order valence-corrected chi connectivity index (χ2v) is 7.84. The molecular formula is C21H29NO4. The number of nitrogens with zero attached hydrogens (tertiary/aromatic N) is 1. The monoisotopic (exact) mass is 359 g/mol. The van der Waals surface area contributed by atoms with Gasteiger partial charge in [0.05, 0.1) is 11.5 Å². The molecule has 1 aromatic rings. The summed E-state index contributed by atoms with van der Waals surface area (Å²) in [5, 5.41) is 9.84. The Labute approximate surface area is 155 Å². The molecule has 1 saturated heterocycles. The minimum Gasteiger partial charge on any atom is -0.481 e. The van der Waals surface area contributed by atoms with E-state index < -0.39 is 11.4 Å². The topological polar surface area (TPSA) is 66.8 Å². The number of likely N-dealkylation sites (tertiary alicyclic amines) is 1. The number of ether oxygens (including phenoxy) is 1. The molecule has 2 aliphatic rings. The quantitative estimate of drug-likeness (QED) is 0.876. The number of carboxylic acids is 1. The zero-order valence-corrected chi connectivity index (χ0v) is 15.5. The standard InChI is InChI=1S/C21H29NO4/c1-16-6-5-9-18(14-16)26-15-19(23)22-12-10-21(11-13-22,20(24)25)17-7-3-2-4-8-17/h2-4,7-8,16,18H,5-6,9-15H2,1H3,(H,24,25)/t16-,18-/m1/s1. The predicted molar refractivity (Wildman–Crippen MR) is 98.9 cm³/mol. The number of hydrogen-bond acceptors (Lipinski definition) is 3. The summed E-state index contributed by atoms with van der Waals surface area (Å²) in [6.07, 6.45) is 5.56. The Balaban J connectivity index is 1.55. The van der Waals surface area contributed by atoms with E-state index in [1.807, 2.05) is 30.3 Å². The molecule has 1 N–H and O–H groups in total. The van der Waals surface area contributed by atoms with Crippen LogP contribution in [0.5, 0.6) is 0 Å². The molecule has 1 saturated carbocycles. The minimum atomic E-state index is -0.891. The molecule has 2 fully saturated rings. The predicted octanol–water partition coefficient (Wildman–Crippen LogP) is 3.23. The lowest BCUT2D eigenvalue weighted by atomic mass is 9.73. The maximum Gasteiger partial charge on any atom is 0.314 e. The van der Waals surface area contributed by atoms with Gasteiger partial charge in [-0.05, 0) is 37.2 Å². The van der Waals surface area contributed by atoms with Crippen LogP contribution in [0.4, 0.5) is 0 Å². The molecule has 1 heterocycles. The van der Waals surface area contributed by atoms with Gasteiger partial charge in [0.1, 0.15) is 6.61 Å². The lowest BCUT2D eigenvalue weighted by molar-refractivity contribution is -0.150. The summed E-state index contributed by atoms with van der Waals surface area (Å²) in [5.41, 5.74) is -0.0652. The van der Waals surface area contributed by atoms with Crippen molar-refractivity contribution < 1.29 is 19.4 Å². The first-order valence-electron chi connectivity index (χ1n) is 9.69. The second kappa shape index (κ2) is 8.21. The van der Waals surface area contributed by atoms with Crippen LogP contribution < -0.4 is 0 Å². The first-order chi connectivity index (χ1) is 12.5. The van der Waals surface area contributed by atoms with E-state index in [0.717, 1.165) is 18.4 Å². The van der Waals surface area contributed by atoms with E-state index in [-0.39, 0.29) is 18.6 Å². The third-order valence-electron chi connectivity index (χ3n) is 6.04. The van der Waals surface area contributed by atoms with Crippen molar-refractivity contribution in [1.82, 2.24) is 4.90 Å².